The number of benzene rings is 1. The third-order valence-electron chi connectivity index (χ3n) is 3.50. The molecule has 21 heavy (non-hydrogen) atoms. The molecule has 2 heterocycles. The highest BCUT2D eigenvalue weighted by atomic mass is 16.3. The normalized spacial score (nSPS) is 17.8. The number of amides is 1. The number of nitrogens with zero attached hydrogens (tertiary/aromatic N) is 5. The largest absolute Gasteiger partial charge is 0.444 e. The Balaban J connectivity index is 1.75. The van der Waals surface area contributed by atoms with E-state index >= 15 is 0 Å². The van der Waals surface area contributed by atoms with Crippen LogP contribution in [0.1, 0.15) is 6.42 Å². The summed E-state index contributed by atoms with van der Waals surface area (Å²) in [7, 11) is 0. The Morgan fingerprint density at radius 2 is 2.24 bits per heavy atom. The number of anilines is 1. The van der Waals surface area contributed by atoms with Gasteiger partial charge in [0.05, 0.1) is 6.20 Å². The van der Waals surface area contributed by atoms with E-state index in [4.69, 9.17) is 9.95 Å². The second-order valence-electron chi connectivity index (χ2n) is 4.90. The van der Waals surface area contributed by atoms with E-state index in [0.717, 1.165) is 11.3 Å². The summed E-state index contributed by atoms with van der Waals surface area (Å²) in [4.78, 5) is 20.4. The van der Waals surface area contributed by atoms with E-state index in [-0.39, 0.29) is 11.8 Å². The van der Waals surface area contributed by atoms with Crippen LogP contribution >= 0.6 is 0 Å². The Hall–Kier alpha value is -2.79. The highest BCUT2D eigenvalue weighted by Gasteiger charge is 2.29. The SMILES string of the molecule is [N-]=[N+]=NCC1CC(=O)N(c2ccc(-c3cnco3)cc2)C1. The second-order valence-corrected chi connectivity index (χ2v) is 4.90. The number of aromatic nitrogens is 1. The van der Waals surface area contributed by atoms with Gasteiger partial charge in [0.25, 0.3) is 0 Å². The first-order valence-electron chi connectivity index (χ1n) is 6.58. The molecular weight excluding hydrogens is 270 g/mol. The van der Waals surface area contributed by atoms with Gasteiger partial charge in [0, 0.05) is 35.7 Å². The average molecular weight is 283 g/mol. The summed E-state index contributed by atoms with van der Waals surface area (Å²) in [6.07, 6.45) is 3.45. The first-order chi connectivity index (χ1) is 10.3. The van der Waals surface area contributed by atoms with E-state index in [2.05, 4.69) is 15.0 Å². The molecule has 0 N–H and O–H groups in total. The number of carbonyl (C=O) groups excluding carboxylic acids is 1. The highest BCUT2D eigenvalue weighted by molar-refractivity contribution is 5.95. The predicted molar refractivity (Wildman–Crippen MR) is 76.4 cm³/mol. The summed E-state index contributed by atoms with van der Waals surface area (Å²) in [5.41, 5.74) is 10.1. The van der Waals surface area contributed by atoms with Gasteiger partial charge >= 0.3 is 0 Å². The number of hydrogen-bond acceptors (Lipinski definition) is 4. The number of oxazole rings is 1. The fraction of sp³-hybridized carbons (Fsp3) is 0.286. The maximum atomic E-state index is 12.0. The molecule has 1 aliphatic rings. The Morgan fingerprint density at radius 1 is 1.43 bits per heavy atom. The molecule has 1 unspecified atom stereocenters. The van der Waals surface area contributed by atoms with Gasteiger partial charge in [0.2, 0.25) is 5.91 Å². The highest BCUT2D eigenvalue weighted by Crippen LogP contribution is 2.28. The minimum atomic E-state index is 0.0561. The van der Waals surface area contributed by atoms with Crippen LogP contribution in [-0.2, 0) is 4.79 Å². The van der Waals surface area contributed by atoms with Crippen molar-refractivity contribution in [2.45, 2.75) is 6.42 Å². The maximum Gasteiger partial charge on any atom is 0.227 e. The van der Waals surface area contributed by atoms with Gasteiger partial charge in [0.15, 0.2) is 12.2 Å². The minimum Gasteiger partial charge on any atom is -0.444 e. The van der Waals surface area contributed by atoms with Crippen molar-refractivity contribution in [2.75, 3.05) is 18.0 Å². The van der Waals surface area contributed by atoms with E-state index in [1.807, 2.05) is 24.3 Å². The molecule has 0 spiro atoms. The molecule has 7 heteroatoms. The molecule has 0 bridgehead atoms. The van der Waals surface area contributed by atoms with Crippen LogP contribution in [0.4, 0.5) is 5.69 Å². The van der Waals surface area contributed by atoms with Gasteiger partial charge in [-0.15, -0.1) is 0 Å². The zero-order valence-electron chi connectivity index (χ0n) is 11.2. The third kappa shape index (κ3) is 2.73. The Kier molecular flexibility index (Phi) is 3.57. The standard InChI is InChI=1S/C14H13N5O2/c15-18-17-6-10-5-14(20)19(8-10)12-3-1-11(2-4-12)13-7-16-9-21-13/h1-4,7,9-10H,5-6,8H2. The van der Waals surface area contributed by atoms with Crippen LogP contribution in [0.3, 0.4) is 0 Å². The molecule has 106 valence electrons. The molecule has 1 amide bonds. The van der Waals surface area contributed by atoms with E-state index < -0.39 is 0 Å². The summed E-state index contributed by atoms with van der Waals surface area (Å²) in [5.74, 6) is 0.832. The fourth-order valence-corrected chi connectivity index (χ4v) is 2.47. The Morgan fingerprint density at radius 3 is 2.90 bits per heavy atom. The van der Waals surface area contributed by atoms with Crippen molar-refractivity contribution in [1.29, 1.82) is 0 Å². The smallest absolute Gasteiger partial charge is 0.227 e. The van der Waals surface area contributed by atoms with Gasteiger partial charge in [-0.25, -0.2) is 4.98 Å². The maximum absolute atomic E-state index is 12.0. The molecule has 1 aromatic heterocycles. The molecule has 1 fully saturated rings. The molecule has 0 radical (unpaired) electrons. The Bertz CT molecular complexity index is 674. The van der Waals surface area contributed by atoms with Crippen molar-refractivity contribution < 1.29 is 9.21 Å². The summed E-state index contributed by atoms with van der Waals surface area (Å²) < 4.78 is 5.23. The van der Waals surface area contributed by atoms with Crippen molar-refractivity contribution in [3.8, 4) is 11.3 Å². The molecular formula is C14H13N5O2. The van der Waals surface area contributed by atoms with Crippen LogP contribution in [0.15, 0.2) is 46.4 Å². The van der Waals surface area contributed by atoms with Gasteiger partial charge < -0.3 is 9.32 Å². The molecule has 3 rings (SSSR count). The fourth-order valence-electron chi connectivity index (χ4n) is 2.47. The summed E-state index contributed by atoms with van der Waals surface area (Å²) in [5, 5.41) is 3.55. The van der Waals surface area contributed by atoms with Crippen LogP contribution in [-0.4, -0.2) is 24.0 Å². The van der Waals surface area contributed by atoms with Crippen molar-refractivity contribution in [1.82, 2.24) is 4.98 Å². The molecule has 0 aliphatic carbocycles. The topological polar surface area (TPSA) is 95.1 Å². The van der Waals surface area contributed by atoms with Crippen LogP contribution in [0.25, 0.3) is 21.8 Å². The minimum absolute atomic E-state index is 0.0561. The zero-order valence-corrected chi connectivity index (χ0v) is 11.2. The monoisotopic (exact) mass is 283 g/mol. The van der Waals surface area contributed by atoms with E-state index in [0.29, 0.717) is 25.3 Å². The number of azide groups is 1. The third-order valence-corrected chi connectivity index (χ3v) is 3.50. The van der Waals surface area contributed by atoms with Gasteiger partial charge in [-0.2, -0.15) is 0 Å². The molecule has 1 atom stereocenters. The van der Waals surface area contributed by atoms with Gasteiger partial charge in [0.1, 0.15) is 0 Å². The number of carbonyl (C=O) groups is 1. The van der Waals surface area contributed by atoms with Crippen LogP contribution in [0, 0.1) is 5.92 Å². The predicted octanol–water partition coefficient (Wildman–Crippen LogP) is 3.00. The summed E-state index contributed by atoms with van der Waals surface area (Å²) in [6.45, 7) is 0.939. The molecule has 7 nitrogen and oxygen atoms in total. The number of rotatable bonds is 4. The molecule has 1 aliphatic heterocycles. The van der Waals surface area contributed by atoms with Crippen molar-refractivity contribution in [3.05, 3.63) is 47.3 Å². The van der Waals surface area contributed by atoms with Gasteiger partial charge in [-0.05, 0) is 35.7 Å². The second kappa shape index (κ2) is 5.68. The molecule has 0 saturated carbocycles. The Labute approximate surface area is 120 Å². The van der Waals surface area contributed by atoms with Crippen LogP contribution < -0.4 is 4.90 Å². The molecule has 2 aromatic rings. The van der Waals surface area contributed by atoms with Gasteiger partial charge in [-0.1, -0.05) is 5.11 Å². The van der Waals surface area contributed by atoms with Crippen LogP contribution in [0.5, 0.6) is 0 Å². The average Bonchev–Trinajstić information content (AvgIpc) is 3.15. The summed E-state index contributed by atoms with van der Waals surface area (Å²) in [6, 6.07) is 7.55. The van der Waals surface area contributed by atoms with Crippen molar-refractivity contribution in [2.24, 2.45) is 11.0 Å². The quantitative estimate of drug-likeness (QED) is 0.490. The van der Waals surface area contributed by atoms with Gasteiger partial charge in [-0.3, -0.25) is 4.79 Å². The molecule has 1 aromatic carbocycles. The van der Waals surface area contributed by atoms with E-state index in [1.54, 1.807) is 11.1 Å². The lowest BCUT2D eigenvalue weighted by Crippen LogP contribution is -2.24. The van der Waals surface area contributed by atoms with Crippen LogP contribution in [0.2, 0.25) is 0 Å². The first kappa shape index (κ1) is 13.2. The van der Waals surface area contributed by atoms with E-state index in [1.165, 1.54) is 6.39 Å². The first-order valence-corrected chi connectivity index (χ1v) is 6.58. The summed E-state index contributed by atoms with van der Waals surface area (Å²) >= 11 is 0. The molecule has 1 saturated heterocycles. The lowest BCUT2D eigenvalue weighted by Gasteiger charge is -2.16. The van der Waals surface area contributed by atoms with Crippen molar-refractivity contribution >= 4 is 11.6 Å². The van der Waals surface area contributed by atoms with E-state index in [9.17, 15) is 4.79 Å². The lowest BCUT2D eigenvalue weighted by atomic mass is 10.1. The lowest BCUT2D eigenvalue weighted by molar-refractivity contribution is -0.117. The van der Waals surface area contributed by atoms with Crippen molar-refractivity contribution in [3.63, 3.8) is 0 Å². The zero-order chi connectivity index (χ0) is 14.7. The number of hydrogen-bond donors (Lipinski definition) is 0.